The van der Waals surface area contributed by atoms with Crippen molar-refractivity contribution >= 4 is 23.3 Å². The number of amides is 3. The van der Waals surface area contributed by atoms with Gasteiger partial charge >= 0.3 is 6.03 Å². The van der Waals surface area contributed by atoms with Crippen LogP contribution in [-0.2, 0) is 17.9 Å². The average molecular weight is 377 g/mol. The number of benzene rings is 2. The lowest BCUT2D eigenvalue weighted by atomic mass is 10.1. The maximum Gasteiger partial charge on any atom is 0.319 e. The van der Waals surface area contributed by atoms with Crippen LogP contribution < -0.4 is 20.7 Å². The van der Waals surface area contributed by atoms with Gasteiger partial charge in [-0.2, -0.15) is 0 Å². The van der Waals surface area contributed by atoms with Gasteiger partial charge in [-0.3, -0.25) is 4.79 Å². The second kappa shape index (κ2) is 7.83. The van der Waals surface area contributed by atoms with Crippen molar-refractivity contribution in [1.29, 1.82) is 0 Å². The largest absolute Gasteiger partial charge is 0.482 e. The quantitative estimate of drug-likeness (QED) is 0.637. The number of rotatable bonds is 5. The van der Waals surface area contributed by atoms with E-state index >= 15 is 0 Å². The summed E-state index contributed by atoms with van der Waals surface area (Å²) in [4.78, 5) is 27.5. The first kappa shape index (κ1) is 17.6. The number of nitrogens with zero attached hydrogens (tertiary/aromatic N) is 2. The van der Waals surface area contributed by atoms with Gasteiger partial charge in [-0.05, 0) is 23.3 Å². The Balaban J connectivity index is 1.29. The fourth-order valence-electron chi connectivity index (χ4n) is 2.86. The van der Waals surface area contributed by atoms with Crippen LogP contribution in [-0.4, -0.2) is 28.1 Å². The van der Waals surface area contributed by atoms with Crippen molar-refractivity contribution in [3.8, 4) is 5.75 Å². The predicted octanol–water partition coefficient (Wildman–Crippen LogP) is 2.58. The molecule has 8 heteroatoms. The van der Waals surface area contributed by atoms with E-state index in [-0.39, 0.29) is 18.5 Å². The van der Waals surface area contributed by atoms with Gasteiger partial charge in [0.15, 0.2) is 6.61 Å². The molecular formula is C20H19N5O3. The lowest BCUT2D eigenvalue weighted by Crippen LogP contribution is -2.28. The Morgan fingerprint density at radius 3 is 2.79 bits per heavy atom. The Kier molecular flexibility index (Phi) is 4.92. The Bertz CT molecular complexity index is 984. The highest BCUT2D eigenvalue weighted by atomic mass is 16.5. The third-order valence-electron chi connectivity index (χ3n) is 4.27. The van der Waals surface area contributed by atoms with Crippen LogP contribution >= 0.6 is 0 Å². The standard InChI is InChI=1S/C20H19N5O3/c26-19-12-28-18-9-16(5-6-17(18)24-19)23-20(27)22-10-14-1-3-15(4-2-14)11-25-8-7-21-13-25/h1-9,13H,10-12H2,(H,24,26)(H2,22,23,27). The third-order valence-corrected chi connectivity index (χ3v) is 4.27. The van der Waals surface area contributed by atoms with Crippen molar-refractivity contribution in [2.24, 2.45) is 0 Å². The molecule has 3 N–H and O–H groups in total. The van der Waals surface area contributed by atoms with Crippen LogP contribution in [0, 0.1) is 0 Å². The summed E-state index contributed by atoms with van der Waals surface area (Å²) in [5, 5.41) is 8.29. The number of urea groups is 1. The molecular weight excluding hydrogens is 358 g/mol. The normalized spacial score (nSPS) is 12.5. The summed E-state index contributed by atoms with van der Waals surface area (Å²) in [6.45, 7) is 1.14. The van der Waals surface area contributed by atoms with Crippen molar-refractivity contribution in [3.63, 3.8) is 0 Å². The van der Waals surface area contributed by atoms with E-state index in [0.717, 1.165) is 17.7 Å². The molecule has 2 aromatic carbocycles. The van der Waals surface area contributed by atoms with Crippen molar-refractivity contribution in [1.82, 2.24) is 14.9 Å². The van der Waals surface area contributed by atoms with E-state index in [1.807, 2.05) is 35.0 Å². The van der Waals surface area contributed by atoms with Crippen LogP contribution in [0.15, 0.2) is 61.2 Å². The molecule has 0 saturated carbocycles. The van der Waals surface area contributed by atoms with Gasteiger partial charge in [-0.15, -0.1) is 0 Å². The van der Waals surface area contributed by atoms with E-state index in [9.17, 15) is 9.59 Å². The molecule has 3 aromatic rings. The highest BCUT2D eigenvalue weighted by Gasteiger charge is 2.16. The van der Waals surface area contributed by atoms with Crippen LogP contribution in [0.4, 0.5) is 16.2 Å². The van der Waals surface area contributed by atoms with E-state index in [2.05, 4.69) is 20.9 Å². The fourth-order valence-corrected chi connectivity index (χ4v) is 2.86. The van der Waals surface area contributed by atoms with Gasteiger partial charge in [-0.1, -0.05) is 24.3 Å². The molecule has 2 heterocycles. The number of hydrogen-bond donors (Lipinski definition) is 3. The number of hydrogen-bond acceptors (Lipinski definition) is 4. The summed E-state index contributed by atoms with van der Waals surface area (Å²) >= 11 is 0. The van der Waals surface area contributed by atoms with Crippen molar-refractivity contribution in [2.45, 2.75) is 13.1 Å². The first-order chi connectivity index (χ1) is 13.7. The predicted molar refractivity (Wildman–Crippen MR) is 104 cm³/mol. The topological polar surface area (TPSA) is 97.3 Å². The van der Waals surface area contributed by atoms with E-state index in [0.29, 0.717) is 23.7 Å². The summed E-state index contributed by atoms with van der Waals surface area (Å²) < 4.78 is 7.34. The number of carbonyl (C=O) groups is 2. The Hall–Kier alpha value is -3.81. The summed E-state index contributed by atoms with van der Waals surface area (Å²) in [6.07, 6.45) is 5.45. The van der Waals surface area contributed by atoms with E-state index in [1.165, 1.54) is 0 Å². The molecule has 0 fully saturated rings. The summed E-state index contributed by atoms with van der Waals surface area (Å²) in [7, 11) is 0. The zero-order chi connectivity index (χ0) is 19.3. The first-order valence-electron chi connectivity index (χ1n) is 8.81. The lowest BCUT2D eigenvalue weighted by molar-refractivity contribution is -0.118. The highest BCUT2D eigenvalue weighted by Crippen LogP contribution is 2.30. The number of aromatic nitrogens is 2. The molecule has 1 aliphatic heterocycles. The molecule has 3 amide bonds. The molecule has 1 aliphatic rings. The molecule has 0 atom stereocenters. The van der Waals surface area contributed by atoms with Gasteiger partial charge in [0.2, 0.25) is 0 Å². The minimum Gasteiger partial charge on any atom is -0.482 e. The molecule has 0 aliphatic carbocycles. The Morgan fingerprint density at radius 1 is 1.18 bits per heavy atom. The first-order valence-corrected chi connectivity index (χ1v) is 8.81. The summed E-state index contributed by atoms with van der Waals surface area (Å²) in [5.41, 5.74) is 3.34. The minimum atomic E-state index is -0.317. The number of imidazole rings is 1. The summed E-state index contributed by atoms with van der Waals surface area (Å²) in [6, 6.07) is 12.8. The number of carbonyl (C=O) groups excluding carboxylic acids is 2. The van der Waals surface area contributed by atoms with Gasteiger partial charge < -0.3 is 25.3 Å². The second-order valence-corrected chi connectivity index (χ2v) is 6.41. The van der Waals surface area contributed by atoms with Gasteiger partial charge in [0.05, 0.1) is 12.0 Å². The number of fused-ring (bicyclic) bond motifs is 1. The molecule has 8 nitrogen and oxygen atoms in total. The number of ether oxygens (including phenoxy) is 1. The molecule has 28 heavy (non-hydrogen) atoms. The molecule has 0 radical (unpaired) electrons. The van der Waals surface area contributed by atoms with Crippen LogP contribution in [0.5, 0.6) is 5.75 Å². The second-order valence-electron chi connectivity index (χ2n) is 6.41. The molecule has 0 unspecified atom stereocenters. The fraction of sp³-hybridized carbons (Fsp3) is 0.150. The van der Waals surface area contributed by atoms with E-state index in [4.69, 9.17) is 4.74 Å². The molecule has 0 bridgehead atoms. The number of nitrogens with one attached hydrogen (secondary N) is 3. The smallest absolute Gasteiger partial charge is 0.319 e. The zero-order valence-corrected chi connectivity index (χ0v) is 15.0. The van der Waals surface area contributed by atoms with Gasteiger partial charge in [0, 0.05) is 37.2 Å². The SMILES string of the molecule is O=C1COc2cc(NC(=O)NCc3ccc(Cn4ccnc4)cc3)ccc2N1. The Morgan fingerprint density at radius 2 is 2.00 bits per heavy atom. The van der Waals surface area contributed by atoms with E-state index in [1.54, 1.807) is 30.7 Å². The third kappa shape index (κ3) is 4.29. The van der Waals surface area contributed by atoms with Gasteiger partial charge in [0.25, 0.3) is 5.91 Å². The minimum absolute atomic E-state index is 0.0283. The van der Waals surface area contributed by atoms with Gasteiger partial charge in [0.1, 0.15) is 5.75 Å². The van der Waals surface area contributed by atoms with Crippen molar-refractivity contribution < 1.29 is 14.3 Å². The maximum absolute atomic E-state index is 12.1. The summed E-state index contributed by atoms with van der Waals surface area (Å²) in [5.74, 6) is 0.341. The molecule has 4 rings (SSSR count). The van der Waals surface area contributed by atoms with Gasteiger partial charge in [-0.25, -0.2) is 9.78 Å². The number of anilines is 2. The molecule has 0 saturated heterocycles. The van der Waals surface area contributed by atoms with Crippen LogP contribution in [0.3, 0.4) is 0 Å². The van der Waals surface area contributed by atoms with E-state index < -0.39 is 0 Å². The molecule has 0 spiro atoms. The van der Waals surface area contributed by atoms with Crippen molar-refractivity contribution in [3.05, 3.63) is 72.3 Å². The van der Waals surface area contributed by atoms with Crippen molar-refractivity contribution in [2.75, 3.05) is 17.2 Å². The van der Waals surface area contributed by atoms with Crippen LogP contribution in [0.1, 0.15) is 11.1 Å². The molecule has 1 aromatic heterocycles. The van der Waals surface area contributed by atoms with Crippen LogP contribution in [0.2, 0.25) is 0 Å². The van der Waals surface area contributed by atoms with Crippen LogP contribution in [0.25, 0.3) is 0 Å². The lowest BCUT2D eigenvalue weighted by Gasteiger charge is -2.18. The Labute approximate surface area is 161 Å². The highest BCUT2D eigenvalue weighted by molar-refractivity contribution is 5.96. The molecule has 142 valence electrons. The maximum atomic E-state index is 12.1. The monoisotopic (exact) mass is 377 g/mol. The zero-order valence-electron chi connectivity index (χ0n) is 15.0. The average Bonchev–Trinajstić information content (AvgIpc) is 3.21.